The summed E-state index contributed by atoms with van der Waals surface area (Å²) in [5.41, 5.74) is -3.06. The van der Waals surface area contributed by atoms with E-state index in [9.17, 15) is 39.6 Å². The van der Waals surface area contributed by atoms with Gasteiger partial charge in [-0.05, 0) is 0 Å². The Hall–Kier alpha value is -2.29. The van der Waals surface area contributed by atoms with Gasteiger partial charge in [0.2, 0.25) is 0 Å². The second-order valence-corrected chi connectivity index (χ2v) is 21.6. The Morgan fingerprint density at radius 3 is 0.415 bits per heavy atom. The van der Waals surface area contributed by atoms with Crippen molar-refractivity contribution in [3.63, 3.8) is 0 Å². The molecule has 0 saturated carbocycles. The van der Waals surface area contributed by atoms with Crippen LogP contribution in [0.15, 0.2) is 47.3 Å². The van der Waals surface area contributed by atoms with Gasteiger partial charge in [0.05, 0.1) is 0 Å². The first kappa shape index (κ1) is 60.0. The van der Waals surface area contributed by atoms with Crippen LogP contribution < -0.4 is 0 Å². The van der Waals surface area contributed by atoms with E-state index in [1.54, 1.807) is 0 Å². The van der Waals surface area contributed by atoms with Gasteiger partial charge in [-0.2, -0.15) is 0 Å². The molecule has 0 bridgehead atoms. The number of hydrogen-bond acceptors (Lipinski definition) is 8. The maximum Gasteiger partial charge on any atom is 0.164 e. The zero-order valence-electron chi connectivity index (χ0n) is 38.2. The van der Waals surface area contributed by atoms with Crippen molar-refractivity contribution in [2.45, 2.75) is 166 Å². The van der Waals surface area contributed by atoms with Gasteiger partial charge in [0.25, 0.3) is 0 Å². The summed E-state index contributed by atoms with van der Waals surface area (Å²) in [7, 11) is 0. The molecular formula is C44H80HfO8. The van der Waals surface area contributed by atoms with Crippen molar-refractivity contribution < 1.29 is 65.4 Å². The summed E-state index contributed by atoms with van der Waals surface area (Å²) in [5.74, 6) is 0.416. The van der Waals surface area contributed by atoms with Gasteiger partial charge in [-0.15, -0.1) is 0 Å². The first-order valence-electron chi connectivity index (χ1n) is 18.0. The van der Waals surface area contributed by atoms with Crippen LogP contribution in [0.2, 0.25) is 0 Å². The fourth-order valence-electron chi connectivity index (χ4n) is 2.23. The molecule has 0 aromatic heterocycles. The molecule has 0 heterocycles. The number of aliphatic hydroxyl groups excluding tert-OH is 4. The Bertz CT molecular complexity index is 1110. The molecule has 0 aliphatic carbocycles. The first-order chi connectivity index (χ1) is 22.2. The fourth-order valence-corrected chi connectivity index (χ4v) is 2.23. The van der Waals surface area contributed by atoms with Crippen LogP contribution in [0.5, 0.6) is 0 Å². The van der Waals surface area contributed by atoms with E-state index in [2.05, 4.69) is 0 Å². The molecule has 4 N–H and O–H groups in total. The summed E-state index contributed by atoms with van der Waals surface area (Å²) < 4.78 is 0. The molecule has 0 spiro atoms. The quantitative estimate of drug-likeness (QED) is 0.124. The van der Waals surface area contributed by atoms with Crippen molar-refractivity contribution in [3.8, 4) is 0 Å². The Kier molecular flexibility index (Phi) is 24.6. The van der Waals surface area contributed by atoms with E-state index < -0.39 is 21.7 Å². The Labute approximate surface area is 343 Å². The molecule has 53 heavy (non-hydrogen) atoms. The minimum absolute atomic E-state index is 0. The molecule has 0 unspecified atom stereocenters. The van der Waals surface area contributed by atoms with Crippen LogP contribution in [0.25, 0.3) is 0 Å². The molecule has 0 rings (SSSR count). The number of rotatable bonds is 4. The fraction of sp³-hybridized carbons (Fsp3) is 0.727. The molecule has 308 valence electrons. The van der Waals surface area contributed by atoms with Crippen LogP contribution in [0.1, 0.15) is 166 Å². The van der Waals surface area contributed by atoms with Crippen molar-refractivity contribution in [1.29, 1.82) is 0 Å². The molecule has 9 heteroatoms. The Morgan fingerprint density at radius 1 is 0.264 bits per heavy atom. The smallest absolute Gasteiger partial charge is 0.164 e. The second kappa shape index (κ2) is 21.7. The average Bonchev–Trinajstić information content (AvgIpc) is 2.85. The van der Waals surface area contributed by atoms with Gasteiger partial charge in [0.1, 0.15) is 23.0 Å². The first-order valence-corrected chi connectivity index (χ1v) is 18.0. The predicted molar refractivity (Wildman–Crippen MR) is 219 cm³/mol. The van der Waals surface area contributed by atoms with Crippen LogP contribution in [-0.2, 0) is 45.0 Å². The van der Waals surface area contributed by atoms with Crippen molar-refractivity contribution in [2.75, 3.05) is 0 Å². The van der Waals surface area contributed by atoms with Crippen molar-refractivity contribution in [3.05, 3.63) is 47.3 Å². The topological polar surface area (TPSA) is 149 Å². The maximum absolute atomic E-state index is 11.5. The standard InChI is InChI=1S/4C11H20O2.Hf/c4*1-10(2,3)8(12)7-9(13)11(4,5)6;/h4*7,12H,1-6H3;/b4*8-7+;. The van der Waals surface area contributed by atoms with Gasteiger partial charge in [0, 0.05) is 93.5 Å². The summed E-state index contributed by atoms with van der Waals surface area (Å²) in [6, 6.07) is 0. The molecule has 0 saturated heterocycles. The molecule has 0 fully saturated rings. The zero-order valence-corrected chi connectivity index (χ0v) is 41.8. The Morgan fingerprint density at radius 2 is 0.358 bits per heavy atom. The molecular weight excluding hydrogens is 835 g/mol. The Balaban J connectivity index is -0.000000192. The summed E-state index contributed by atoms with van der Waals surface area (Å²) in [5, 5.41) is 38.2. The van der Waals surface area contributed by atoms with E-state index in [1.807, 2.05) is 166 Å². The predicted octanol–water partition coefficient (Wildman–Crippen LogP) is 12.4. The third-order valence-electron chi connectivity index (χ3n) is 7.10. The van der Waals surface area contributed by atoms with E-state index in [0.29, 0.717) is 0 Å². The summed E-state index contributed by atoms with van der Waals surface area (Å²) in [4.78, 5) is 45.9. The van der Waals surface area contributed by atoms with E-state index >= 15 is 0 Å². The summed E-state index contributed by atoms with van der Waals surface area (Å²) in [6.07, 6.45) is 5.33. The van der Waals surface area contributed by atoms with Gasteiger partial charge >= 0.3 is 0 Å². The normalized spacial score (nSPS) is 14.2. The maximum atomic E-state index is 11.5. The summed E-state index contributed by atoms with van der Waals surface area (Å²) in [6.45, 7) is 44.5. The molecule has 8 nitrogen and oxygen atoms in total. The van der Waals surface area contributed by atoms with Gasteiger partial charge < -0.3 is 20.4 Å². The van der Waals surface area contributed by atoms with E-state index in [4.69, 9.17) is 0 Å². The second-order valence-electron chi connectivity index (χ2n) is 21.6. The molecule has 0 amide bonds. The molecule has 0 aliphatic rings. The number of hydrogen-bond donors (Lipinski definition) is 4. The number of aliphatic hydroxyl groups is 4. The summed E-state index contributed by atoms with van der Waals surface area (Å²) >= 11 is 0. The number of ketones is 4. The van der Waals surface area contributed by atoms with Crippen LogP contribution in [-0.4, -0.2) is 43.6 Å². The largest absolute Gasteiger partial charge is 0.512 e. The van der Waals surface area contributed by atoms with Crippen molar-refractivity contribution in [1.82, 2.24) is 0 Å². The SMILES string of the molecule is CC(C)(C)C(=O)/C=C(/O)C(C)(C)C.CC(C)(C)C(=O)/C=C(/O)C(C)(C)C.CC(C)(C)C(=O)/C=C(/O)C(C)(C)C.CC(C)(C)C(=O)/C=C(/O)C(C)(C)C.[Hf]. The molecule has 0 aromatic carbocycles. The molecule has 0 atom stereocenters. The van der Waals surface area contributed by atoms with E-state index in [1.165, 1.54) is 24.3 Å². The van der Waals surface area contributed by atoms with Crippen LogP contribution in [0, 0.1) is 43.3 Å². The van der Waals surface area contributed by atoms with Crippen molar-refractivity contribution >= 4 is 23.1 Å². The van der Waals surface area contributed by atoms with E-state index in [0.717, 1.165) is 0 Å². The molecule has 0 aromatic rings. The minimum atomic E-state index is -0.417. The van der Waals surface area contributed by atoms with Gasteiger partial charge in [-0.3, -0.25) is 19.2 Å². The zero-order chi connectivity index (χ0) is 43.4. The van der Waals surface area contributed by atoms with Gasteiger partial charge in [0.15, 0.2) is 23.1 Å². The number of allylic oxidation sites excluding steroid dienone is 8. The van der Waals surface area contributed by atoms with Gasteiger partial charge in [-0.1, -0.05) is 166 Å². The number of carbonyl (C=O) groups excluding carboxylic acids is 4. The minimum Gasteiger partial charge on any atom is -0.512 e. The third-order valence-corrected chi connectivity index (χ3v) is 7.10. The average molecular weight is 916 g/mol. The van der Waals surface area contributed by atoms with Crippen molar-refractivity contribution in [2.24, 2.45) is 43.3 Å². The number of carbonyl (C=O) groups is 4. The monoisotopic (exact) mass is 917 g/mol. The molecule has 0 radical (unpaired) electrons. The van der Waals surface area contributed by atoms with Crippen LogP contribution in [0.3, 0.4) is 0 Å². The third kappa shape index (κ3) is 29.7. The molecule has 0 aliphatic heterocycles. The van der Waals surface area contributed by atoms with Crippen LogP contribution in [0.4, 0.5) is 0 Å². The van der Waals surface area contributed by atoms with E-state index in [-0.39, 0.29) is 93.7 Å². The van der Waals surface area contributed by atoms with Crippen LogP contribution >= 0.6 is 0 Å². The van der Waals surface area contributed by atoms with Gasteiger partial charge in [-0.25, -0.2) is 0 Å².